The SMILES string of the molecule is CCCN(C)C(CN)CNC(=O)OC(C)(C)C. The number of hydrogen-bond acceptors (Lipinski definition) is 4. The first-order chi connectivity index (χ1) is 7.80. The normalized spacial score (nSPS) is 13.6. The molecular weight excluding hydrogens is 218 g/mol. The van der Waals surface area contributed by atoms with Crippen LogP contribution < -0.4 is 11.1 Å². The van der Waals surface area contributed by atoms with E-state index in [1.54, 1.807) is 0 Å². The lowest BCUT2D eigenvalue weighted by Gasteiger charge is -2.27. The minimum Gasteiger partial charge on any atom is -0.444 e. The molecule has 0 saturated heterocycles. The second-order valence-electron chi connectivity index (χ2n) is 5.25. The summed E-state index contributed by atoms with van der Waals surface area (Å²) in [6, 6.07) is 0.155. The van der Waals surface area contributed by atoms with E-state index in [2.05, 4.69) is 17.1 Å². The van der Waals surface area contributed by atoms with Crippen LogP contribution in [0.5, 0.6) is 0 Å². The summed E-state index contributed by atoms with van der Waals surface area (Å²) in [6.07, 6.45) is 0.681. The minimum atomic E-state index is -0.461. The Hall–Kier alpha value is -0.810. The van der Waals surface area contributed by atoms with E-state index in [0.717, 1.165) is 13.0 Å². The molecule has 0 saturated carbocycles. The highest BCUT2D eigenvalue weighted by Crippen LogP contribution is 2.06. The third-order valence-corrected chi connectivity index (χ3v) is 2.35. The van der Waals surface area contributed by atoms with Crippen LogP contribution in [-0.2, 0) is 4.74 Å². The molecule has 1 amide bonds. The maximum atomic E-state index is 11.5. The third-order valence-electron chi connectivity index (χ3n) is 2.35. The fourth-order valence-corrected chi connectivity index (χ4v) is 1.47. The molecule has 0 spiro atoms. The highest BCUT2D eigenvalue weighted by Gasteiger charge is 2.18. The zero-order valence-corrected chi connectivity index (χ0v) is 11.7. The summed E-state index contributed by atoms with van der Waals surface area (Å²) in [5.41, 5.74) is 5.22. The monoisotopic (exact) mass is 245 g/mol. The van der Waals surface area contributed by atoms with Crippen LogP contribution in [0, 0.1) is 0 Å². The maximum absolute atomic E-state index is 11.5. The molecule has 5 nitrogen and oxygen atoms in total. The van der Waals surface area contributed by atoms with Gasteiger partial charge in [-0.1, -0.05) is 6.92 Å². The highest BCUT2D eigenvalue weighted by atomic mass is 16.6. The quantitative estimate of drug-likeness (QED) is 0.737. The number of ether oxygens (including phenoxy) is 1. The van der Waals surface area contributed by atoms with Crippen LogP contribution in [0.4, 0.5) is 4.79 Å². The van der Waals surface area contributed by atoms with Crippen LogP contribution in [0.15, 0.2) is 0 Å². The molecule has 0 aliphatic rings. The average molecular weight is 245 g/mol. The van der Waals surface area contributed by atoms with E-state index < -0.39 is 5.60 Å². The summed E-state index contributed by atoms with van der Waals surface area (Å²) < 4.78 is 5.16. The molecule has 1 unspecified atom stereocenters. The zero-order valence-electron chi connectivity index (χ0n) is 11.7. The lowest BCUT2D eigenvalue weighted by molar-refractivity contribution is 0.0512. The van der Waals surface area contributed by atoms with Crippen molar-refractivity contribution in [3.63, 3.8) is 0 Å². The number of nitrogens with one attached hydrogen (secondary N) is 1. The minimum absolute atomic E-state index is 0.155. The largest absolute Gasteiger partial charge is 0.444 e. The van der Waals surface area contributed by atoms with Crippen LogP contribution in [0.2, 0.25) is 0 Å². The molecule has 0 aromatic rings. The molecule has 0 heterocycles. The molecule has 0 aromatic carbocycles. The first-order valence-corrected chi connectivity index (χ1v) is 6.17. The van der Waals surface area contributed by atoms with Crippen molar-refractivity contribution in [1.82, 2.24) is 10.2 Å². The molecule has 3 N–H and O–H groups in total. The Balaban J connectivity index is 4.02. The van der Waals surface area contributed by atoms with Gasteiger partial charge in [0.05, 0.1) is 0 Å². The summed E-state index contributed by atoms with van der Waals surface area (Å²) in [5, 5.41) is 2.75. The number of carbonyl (C=O) groups is 1. The summed E-state index contributed by atoms with van der Waals surface area (Å²) in [4.78, 5) is 13.6. The number of nitrogens with zero attached hydrogens (tertiary/aromatic N) is 1. The van der Waals surface area contributed by atoms with Gasteiger partial charge in [-0.25, -0.2) is 4.79 Å². The topological polar surface area (TPSA) is 67.6 Å². The molecule has 0 rings (SSSR count). The molecular formula is C12H27N3O2. The fraction of sp³-hybridized carbons (Fsp3) is 0.917. The van der Waals surface area contributed by atoms with Crippen molar-refractivity contribution in [2.75, 3.05) is 26.7 Å². The Bertz CT molecular complexity index is 226. The molecule has 0 aliphatic carbocycles. The van der Waals surface area contributed by atoms with Crippen LogP contribution in [0.1, 0.15) is 34.1 Å². The molecule has 102 valence electrons. The Labute approximate surface area is 105 Å². The van der Waals surface area contributed by atoms with Crippen LogP contribution in [0.25, 0.3) is 0 Å². The molecule has 0 radical (unpaired) electrons. The van der Waals surface area contributed by atoms with Crippen molar-refractivity contribution in [3.8, 4) is 0 Å². The molecule has 1 atom stereocenters. The summed E-state index contributed by atoms with van der Waals surface area (Å²) in [5.74, 6) is 0. The number of alkyl carbamates (subject to hydrolysis) is 1. The number of amides is 1. The van der Waals surface area contributed by atoms with Crippen LogP contribution in [0.3, 0.4) is 0 Å². The number of hydrogen-bond donors (Lipinski definition) is 2. The smallest absolute Gasteiger partial charge is 0.407 e. The second-order valence-corrected chi connectivity index (χ2v) is 5.25. The van der Waals surface area contributed by atoms with E-state index in [9.17, 15) is 4.79 Å². The Morgan fingerprint density at radius 3 is 2.47 bits per heavy atom. The predicted octanol–water partition coefficient (Wildman–Crippen LogP) is 1.18. The number of likely N-dealkylation sites (N-methyl/N-ethyl adjacent to an activating group) is 1. The van der Waals surface area contributed by atoms with Gasteiger partial charge in [-0.05, 0) is 40.8 Å². The van der Waals surface area contributed by atoms with Gasteiger partial charge in [0.15, 0.2) is 0 Å². The molecule has 17 heavy (non-hydrogen) atoms. The zero-order chi connectivity index (χ0) is 13.5. The van der Waals surface area contributed by atoms with Crippen molar-refractivity contribution in [2.24, 2.45) is 5.73 Å². The van der Waals surface area contributed by atoms with Gasteiger partial charge < -0.3 is 20.7 Å². The van der Waals surface area contributed by atoms with Crippen molar-refractivity contribution in [3.05, 3.63) is 0 Å². The van der Waals surface area contributed by atoms with Gasteiger partial charge in [0, 0.05) is 19.1 Å². The van der Waals surface area contributed by atoms with E-state index in [-0.39, 0.29) is 12.1 Å². The molecule has 0 aliphatic heterocycles. The van der Waals surface area contributed by atoms with Crippen molar-refractivity contribution < 1.29 is 9.53 Å². The van der Waals surface area contributed by atoms with E-state index in [1.165, 1.54) is 0 Å². The van der Waals surface area contributed by atoms with Crippen molar-refractivity contribution in [2.45, 2.75) is 45.8 Å². The van der Waals surface area contributed by atoms with Gasteiger partial charge in [-0.15, -0.1) is 0 Å². The van der Waals surface area contributed by atoms with Crippen LogP contribution >= 0.6 is 0 Å². The Kier molecular flexibility index (Phi) is 7.15. The Morgan fingerprint density at radius 1 is 1.47 bits per heavy atom. The van der Waals surface area contributed by atoms with E-state index in [1.807, 2.05) is 27.8 Å². The van der Waals surface area contributed by atoms with E-state index in [0.29, 0.717) is 13.1 Å². The summed E-state index contributed by atoms with van der Waals surface area (Å²) in [6.45, 7) is 9.65. The van der Waals surface area contributed by atoms with Gasteiger partial charge in [0.25, 0.3) is 0 Å². The molecule has 0 bridgehead atoms. The predicted molar refractivity (Wildman–Crippen MR) is 70.0 cm³/mol. The van der Waals surface area contributed by atoms with Gasteiger partial charge in [0.2, 0.25) is 0 Å². The van der Waals surface area contributed by atoms with E-state index >= 15 is 0 Å². The molecule has 0 aromatic heterocycles. The lowest BCUT2D eigenvalue weighted by Crippen LogP contribution is -2.47. The van der Waals surface area contributed by atoms with E-state index in [4.69, 9.17) is 10.5 Å². The highest BCUT2D eigenvalue weighted by molar-refractivity contribution is 5.67. The van der Waals surface area contributed by atoms with Gasteiger partial charge in [-0.2, -0.15) is 0 Å². The first kappa shape index (κ1) is 16.2. The van der Waals surface area contributed by atoms with Gasteiger partial charge in [0.1, 0.15) is 5.60 Å². The van der Waals surface area contributed by atoms with Gasteiger partial charge >= 0.3 is 6.09 Å². The molecule has 0 fully saturated rings. The maximum Gasteiger partial charge on any atom is 0.407 e. The average Bonchev–Trinajstić information content (AvgIpc) is 2.16. The number of carbonyl (C=O) groups excluding carboxylic acids is 1. The summed E-state index contributed by atoms with van der Waals surface area (Å²) in [7, 11) is 2.01. The standard InChI is InChI=1S/C12H27N3O2/c1-6-7-15(5)10(8-13)9-14-11(16)17-12(2,3)4/h10H,6-9,13H2,1-5H3,(H,14,16). The first-order valence-electron chi connectivity index (χ1n) is 6.17. The van der Waals surface area contributed by atoms with Crippen LogP contribution in [-0.4, -0.2) is 49.3 Å². The summed E-state index contributed by atoms with van der Waals surface area (Å²) >= 11 is 0. The van der Waals surface area contributed by atoms with Crippen molar-refractivity contribution >= 4 is 6.09 Å². The Morgan fingerprint density at radius 2 is 2.06 bits per heavy atom. The number of rotatable bonds is 6. The molecule has 5 heteroatoms. The number of nitrogens with two attached hydrogens (primary N) is 1. The van der Waals surface area contributed by atoms with Crippen molar-refractivity contribution in [1.29, 1.82) is 0 Å². The fourth-order valence-electron chi connectivity index (χ4n) is 1.47. The van der Waals surface area contributed by atoms with Gasteiger partial charge in [-0.3, -0.25) is 0 Å². The second kappa shape index (κ2) is 7.50. The third kappa shape index (κ3) is 7.99. The lowest BCUT2D eigenvalue weighted by atomic mass is 10.2.